The molecule has 31 heavy (non-hydrogen) atoms. The van der Waals surface area contributed by atoms with Crippen LogP contribution in [0.15, 0.2) is 24.3 Å². The van der Waals surface area contributed by atoms with Gasteiger partial charge in [-0.25, -0.2) is 4.79 Å². The first-order valence-electron chi connectivity index (χ1n) is 12.6. The number of carbonyl (C=O) groups is 2. The maximum Gasteiger partial charge on any atom is 0.338 e. The van der Waals surface area contributed by atoms with E-state index in [1.165, 1.54) is 44.9 Å². The summed E-state index contributed by atoms with van der Waals surface area (Å²) in [4.78, 5) is 24.9. The molecule has 0 spiro atoms. The second-order valence-electron chi connectivity index (χ2n) is 9.22. The van der Waals surface area contributed by atoms with Crippen molar-refractivity contribution in [3.8, 4) is 5.75 Å². The molecule has 4 heteroatoms. The van der Waals surface area contributed by atoms with Gasteiger partial charge in [0.05, 0.1) is 17.6 Å². The summed E-state index contributed by atoms with van der Waals surface area (Å²) in [6.45, 7) is 6.36. The van der Waals surface area contributed by atoms with Crippen LogP contribution in [0.25, 0.3) is 0 Å². The van der Waals surface area contributed by atoms with Gasteiger partial charge in [0.1, 0.15) is 5.75 Å². The van der Waals surface area contributed by atoms with Crippen LogP contribution in [-0.2, 0) is 9.53 Å². The van der Waals surface area contributed by atoms with Crippen molar-refractivity contribution in [1.29, 1.82) is 0 Å². The minimum Gasteiger partial charge on any atom is -0.459 e. The SMILES string of the molecule is CCCCCCC(C)OC(=O)c1ccc(OC(=O)C2CCC(CCCCC)CC2)cc1. The Kier molecular flexibility index (Phi) is 11.7. The first-order chi connectivity index (χ1) is 15.0. The monoisotopic (exact) mass is 430 g/mol. The number of rotatable bonds is 13. The molecule has 1 aromatic carbocycles. The zero-order valence-corrected chi connectivity index (χ0v) is 19.9. The van der Waals surface area contributed by atoms with Crippen LogP contribution in [0.3, 0.4) is 0 Å². The van der Waals surface area contributed by atoms with Crippen molar-refractivity contribution in [2.45, 2.75) is 110 Å². The average Bonchev–Trinajstić information content (AvgIpc) is 2.78. The average molecular weight is 431 g/mol. The smallest absolute Gasteiger partial charge is 0.338 e. The summed E-state index contributed by atoms with van der Waals surface area (Å²) in [6.07, 6.45) is 14.8. The van der Waals surface area contributed by atoms with E-state index in [4.69, 9.17) is 9.47 Å². The third-order valence-electron chi connectivity index (χ3n) is 6.48. The summed E-state index contributed by atoms with van der Waals surface area (Å²) in [7, 11) is 0. The first-order valence-corrected chi connectivity index (χ1v) is 12.6. The van der Waals surface area contributed by atoms with Crippen molar-refractivity contribution < 1.29 is 19.1 Å². The highest BCUT2D eigenvalue weighted by atomic mass is 16.5. The molecule has 1 saturated carbocycles. The molecule has 1 aromatic rings. The van der Waals surface area contributed by atoms with E-state index in [9.17, 15) is 9.59 Å². The van der Waals surface area contributed by atoms with E-state index in [1.54, 1.807) is 24.3 Å². The lowest BCUT2D eigenvalue weighted by molar-refractivity contribution is -0.140. The van der Waals surface area contributed by atoms with Crippen LogP contribution in [0.1, 0.15) is 115 Å². The molecular formula is C27H42O4. The number of hydrogen-bond donors (Lipinski definition) is 0. The van der Waals surface area contributed by atoms with Crippen LogP contribution in [-0.4, -0.2) is 18.0 Å². The maximum absolute atomic E-state index is 12.5. The molecule has 0 saturated heterocycles. The van der Waals surface area contributed by atoms with E-state index < -0.39 is 0 Å². The molecule has 0 aromatic heterocycles. The highest BCUT2D eigenvalue weighted by Crippen LogP contribution is 2.33. The highest BCUT2D eigenvalue weighted by molar-refractivity contribution is 5.89. The number of benzene rings is 1. The van der Waals surface area contributed by atoms with Crippen molar-refractivity contribution in [2.24, 2.45) is 11.8 Å². The summed E-state index contributed by atoms with van der Waals surface area (Å²) in [6, 6.07) is 6.74. The Morgan fingerprint density at radius 3 is 2.19 bits per heavy atom. The summed E-state index contributed by atoms with van der Waals surface area (Å²) in [5.74, 6) is 0.820. The zero-order valence-electron chi connectivity index (χ0n) is 19.9. The molecule has 0 bridgehead atoms. The molecule has 1 fully saturated rings. The molecule has 0 heterocycles. The van der Waals surface area contributed by atoms with Gasteiger partial charge in [-0.3, -0.25) is 4.79 Å². The van der Waals surface area contributed by atoms with Gasteiger partial charge in [-0.2, -0.15) is 0 Å². The molecular weight excluding hydrogens is 388 g/mol. The van der Waals surface area contributed by atoms with E-state index in [2.05, 4.69) is 13.8 Å². The summed E-state index contributed by atoms with van der Waals surface area (Å²) < 4.78 is 11.1. The van der Waals surface area contributed by atoms with Gasteiger partial charge in [0.15, 0.2) is 0 Å². The Labute approximate surface area is 189 Å². The van der Waals surface area contributed by atoms with Crippen LogP contribution in [0.2, 0.25) is 0 Å². The Morgan fingerprint density at radius 1 is 0.903 bits per heavy atom. The highest BCUT2D eigenvalue weighted by Gasteiger charge is 2.27. The largest absolute Gasteiger partial charge is 0.459 e. The molecule has 2 rings (SSSR count). The van der Waals surface area contributed by atoms with Crippen LogP contribution in [0, 0.1) is 11.8 Å². The quantitative estimate of drug-likeness (QED) is 0.185. The Morgan fingerprint density at radius 2 is 1.55 bits per heavy atom. The Balaban J connectivity index is 1.72. The van der Waals surface area contributed by atoms with Crippen molar-refractivity contribution >= 4 is 11.9 Å². The lowest BCUT2D eigenvalue weighted by atomic mass is 9.80. The van der Waals surface area contributed by atoms with Crippen LogP contribution >= 0.6 is 0 Å². The molecule has 0 amide bonds. The second-order valence-corrected chi connectivity index (χ2v) is 9.22. The minimum atomic E-state index is -0.317. The van der Waals surface area contributed by atoms with E-state index in [0.29, 0.717) is 11.3 Å². The van der Waals surface area contributed by atoms with Crippen molar-refractivity contribution in [1.82, 2.24) is 0 Å². The third-order valence-corrected chi connectivity index (χ3v) is 6.48. The minimum absolute atomic E-state index is 0.000579. The van der Waals surface area contributed by atoms with Crippen LogP contribution < -0.4 is 4.74 Å². The normalized spacial score (nSPS) is 19.6. The number of carbonyl (C=O) groups excluding carboxylic acids is 2. The number of esters is 2. The Bertz CT molecular complexity index is 644. The standard InChI is InChI=1S/C27H42O4/c1-4-6-8-10-11-21(3)30-26(28)24-17-19-25(20-18-24)31-27(29)23-15-13-22(14-16-23)12-9-7-5-2/h17-23H,4-16H2,1-3H3. The van der Waals surface area contributed by atoms with E-state index >= 15 is 0 Å². The summed E-state index contributed by atoms with van der Waals surface area (Å²) >= 11 is 0. The molecule has 0 radical (unpaired) electrons. The van der Waals surface area contributed by atoms with Gasteiger partial charge in [-0.05, 0) is 75.6 Å². The van der Waals surface area contributed by atoms with E-state index in [-0.39, 0.29) is 24.0 Å². The number of ether oxygens (including phenoxy) is 2. The van der Waals surface area contributed by atoms with Gasteiger partial charge in [0.2, 0.25) is 0 Å². The van der Waals surface area contributed by atoms with Crippen molar-refractivity contribution in [3.63, 3.8) is 0 Å². The number of unbranched alkanes of at least 4 members (excludes halogenated alkanes) is 5. The van der Waals surface area contributed by atoms with Gasteiger partial charge < -0.3 is 9.47 Å². The molecule has 174 valence electrons. The second kappa shape index (κ2) is 14.3. The summed E-state index contributed by atoms with van der Waals surface area (Å²) in [5.41, 5.74) is 0.493. The van der Waals surface area contributed by atoms with Gasteiger partial charge in [0, 0.05) is 0 Å². The molecule has 4 nitrogen and oxygen atoms in total. The van der Waals surface area contributed by atoms with Crippen LogP contribution in [0.4, 0.5) is 0 Å². The van der Waals surface area contributed by atoms with E-state index in [0.717, 1.165) is 44.4 Å². The fourth-order valence-corrected chi connectivity index (χ4v) is 4.40. The molecule has 1 atom stereocenters. The van der Waals surface area contributed by atoms with Gasteiger partial charge in [0.25, 0.3) is 0 Å². The van der Waals surface area contributed by atoms with Crippen LogP contribution in [0.5, 0.6) is 5.75 Å². The zero-order chi connectivity index (χ0) is 22.5. The topological polar surface area (TPSA) is 52.6 Å². The fourth-order valence-electron chi connectivity index (χ4n) is 4.40. The third kappa shape index (κ3) is 9.45. The number of hydrogen-bond acceptors (Lipinski definition) is 4. The first kappa shape index (κ1) is 25.4. The lowest BCUT2D eigenvalue weighted by Gasteiger charge is -2.27. The molecule has 1 aliphatic rings. The Hall–Kier alpha value is -1.84. The predicted molar refractivity (Wildman–Crippen MR) is 125 cm³/mol. The molecule has 1 unspecified atom stereocenters. The summed E-state index contributed by atoms with van der Waals surface area (Å²) in [5, 5.41) is 0. The van der Waals surface area contributed by atoms with Gasteiger partial charge in [-0.15, -0.1) is 0 Å². The van der Waals surface area contributed by atoms with Gasteiger partial charge >= 0.3 is 11.9 Å². The maximum atomic E-state index is 12.5. The lowest BCUT2D eigenvalue weighted by Crippen LogP contribution is -2.25. The fraction of sp³-hybridized carbons (Fsp3) is 0.704. The molecule has 0 aliphatic heterocycles. The van der Waals surface area contributed by atoms with Gasteiger partial charge in [-0.1, -0.05) is 58.8 Å². The molecule has 0 N–H and O–H groups in total. The van der Waals surface area contributed by atoms with E-state index in [1.807, 2.05) is 6.92 Å². The van der Waals surface area contributed by atoms with Crippen molar-refractivity contribution in [3.05, 3.63) is 29.8 Å². The van der Waals surface area contributed by atoms with Crippen molar-refractivity contribution in [2.75, 3.05) is 0 Å². The molecule has 1 aliphatic carbocycles. The predicted octanol–water partition coefficient (Wildman–Crippen LogP) is 7.49.